The molecule has 5 rings (SSSR count). The van der Waals surface area contributed by atoms with Gasteiger partial charge in [-0.1, -0.05) is 51.1 Å². The lowest BCUT2D eigenvalue weighted by atomic mass is 9.76. The van der Waals surface area contributed by atoms with Crippen molar-refractivity contribution in [1.82, 2.24) is 0 Å². The molecule has 0 amide bonds. The SMILES string of the molecule is C=CC1CC(C)C1.CC.CN.FC(Sc1ccc2c(c1)CCC1CCCC21)C(F)(F)F.Fc1ccc(S)cc1. The van der Waals surface area contributed by atoms with Crippen LogP contribution in [0.5, 0.6) is 0 Å². The van der Waals surface area contributed by atoms with E-state index in [0.717, 1.165) is 41.1 Å². The Balaban J connectivity index is 0.000000329. The van der Waals surface area contributed by atoms with Crippen LogP contribution in [0.15, 0.2) is 64.9 Å². The fourth-order valence-corrected chi connectivity index (χ4v) is 6.03. The number of rotatable bonds is 3. The summed E-state index contributed by atoms with van der Waals surface area (Å²) in [6, 6.07) is 11.3. The molecule has 220 valence electrons. The van der Waals surface area contributed by atoms with Crippen LogP contribution in [0.2, 0.25) is 0 Å². The van der Waals surface area contributed by atoms with E-state index in [1.54, 1.807) is 24.3 Å². The van der Waals surface area contributed by atoms with Crippen molar-refractivity contribution in [2.24, 2.45) is 23.5 Å². The van der Waals surface area contributed by atoms with Crippen LogP contribution < -0.4 is 5.73 Å². The number of thioether (sulfide) groups is 1. The average molecular weight is 590 g/mol. The maximum atomic E-state index is 13.1. The Bertz CT molecular complexity index is 937. The molecule has 0 radical (unpaired) electrons. The number of benzene rings is 2. The molecule has 1 nitrogen and oxygen atoms in total. The molecule has 0 heterocycles. The predicted octanol–water partition coefficient (Wildman–Crippen LogP) is 10.4. The second-order valence-electron chi connectivity index (χ2n) is 9.72. The van der Waals surface area contributed by atoms with Gasteiger partial charge in [-0.15, -0.1) is 19.2 Å². The fraction of sp³-hybridized carbons (Fsp3) is 0.548. The van der Waals surface area contributed by atoms with Gasteiger partial charge in [-0.25, -0.2) is 8.78 Å². The zero-order valence-electron chi connectivity index (χ0n) is 23.5. The Kier molecular flexibility index (Phi) is 16.4. The summed E-state index contributed by atoms with van der Waals surface area (Å²) >= 11 is 4.22. The second kappa shape index (κ2) is 18.0. The fourth-order valence-electron chi connectivity index (χ4n) is 5.15. The van der Waals surface area contributed by atoms with Crippen LogP contribution in [0.4, 0.5) is 22.0 Å². The third-order valence-corrected chi connectivity index (χ3v) is 8.32. The Hall–Kier alpha value is -1.51. The van der Waals surface area contributed by atoms with Gasteiger partial charge in [0, 0.05) is 9.79 Å². The summed E-state index contributed by atoms with van der Waals surface area (Å²) < 4.78 is 61.9. The molecule has 0 aliphatic heterocycles. The zero-order valence-corrected chi connectivity index (χ0v) is 25.2. The van der Waals surface area contributed by atoms with E-state index in [9.17, 15) is 22.0 Å². The third kappa shape index (κ3) is 11.9. The highest BCUT2D eigenvalue weighted by Gasteiger charge is 2.41. The normalized spacial score (nSPS) is 23.2. The molecule has 0 aromatic heterocycles. The van der Waals surface area contributed by atoms with E-state index >= 15 is 0 Å². The minimum absolute atomic E-state index is 0.220. The highest BCUT2D eigenvalue weighted by molar-refractivity contribution is 7.99. The van der Waals surface area contributed by atoms with Gasteiger partial charge in [-0.05, 0) is 117 Å². The van der Waals surface area contributed by atoms with Crippen molar-refractivity contribution in [2.45, 2.75) is 93.1 Å². The number of aryl methyl sites for hydroxylation is 1. The molecule has 0 bridgehead atoms. The summed E-state index contributed by atoms with van der Waals surface area (Å²) in [6.45, 7) is 10.0. The smallest absolute Gasteiger partial charge is 0.333 e. The lowest BCUT2D eigenvalue weighted by Gasteiger charge is -2.29. The number of hydrogen-bond donors (Lipinski definition) is 2. The standard InChI is InChI=1S/C15H16F4S.C7H12.C6H5FS.C2H6.CH5N/c16-14(15(17,18)19)20-11-6-7-13-10(8-11)5-4-9-2-1-3-12(9)13;1-3-7-4-6(2)5-7;7-5-1-3-6(8)4-2-5;2*1-2/h6-9,12,14H,1-5H2;3,6-7H,1,4-5H2,2H3;1-4,8H;1-2H3;2H2,1H3. The van der Waals surface area contributed by atoms with E-state index < -0.39 is 11.7 Å². The quantitative estimate of drug-likeness (QED) is 0.161. The first-order valence-electron chi connectivity index (χ1n) is 13.7. The van der Waals surface area contributed by atoms with E-state index in [0.29, 0.717) is 10.8 Å². The second-order valence-corrected chi connectivity index (χ2v) is 11.4. The number of nitrogens with two attached hydrogens (primary N) is 1. The van der Waals surface area contributed by atoms with Crippen molar-refractivity contribution in [3.63, 3.8) is 0 Å². The molecular formula is C31H44F5NS2. The summed E-state index contributed by atoms with van der Waals surface area (Å²) in [6.07, 6.45) is 5.74. The number of fused-ring (bicyclic) bond motifs is 3. The maximum absolute atomic E-state index is 13.1. The third-order valence-electron chi connectivity index (χ3n) is 7.02. The van der Waals surface area contributed by atoms with Crippen LogP contribution in [-0.2, 0) is 6.42 Å². The molecule has 2 saturated carbocycles. The molecule has 3 aliphatic rings. The van der Waals surface area contributed by atoms with Crippen molar-refractivity contribution in [2.75, 3.05) is 7.05 Å². The predicted molar refractivity (Wildman–Crippen MR) is 159 cm³/mol. The first kappa shape index (κ1) is 35.5. The van der Waals surface area contributed by atoms with Crippen molar-refractivity contribution in [3.05, 3.63) is 72.1 Å². The number of allylic oxidation sites excluding steroid dienone is 1. The molecule has 0 saturated heterocycles. The van der Waals surface area contributed by atoms with Crippen molar-refractivity contribution >= 4 is 24.4 Å². The van der Waals surface area contributed by atoms with Crippen molar-refractivity contribution in [3.8, 4) is 0 Å². The van der Waals surface area contributed by atoms with Crippen LogP contribution in [-0.4, -0.2) is 18.7 Å². The molecule has 3 aliphatic carbocycles. The van der Waals surface area contributed by atoms with Gasteiger partial charge in [0.05, 0.1) is 0 Å². The Morgan fingerprint density at radius 2 is 1.64 bits per heavy atom. The van der Waals surface area contributed by atoms with Crippen molar-refractivity contribution < 1.29 is 22.0 Å². The molecule has 2 aromatic carbocycles. The molecule has 2 aromatic rings. The average Bonchev–Trinajstić information content (AvgIpc) is 3.40. The van der Waals surface area contributed by atoms with Crippen LogP contribution in [0.25, 0.3) is 0 Å². The molecular weight excluding hydrogens is 545 g/mol. The molecule has 3 unspecified atom stereocenters. The van der Waals surface area contributed by atoms with Gasteiger partial charge in [0.15, 0.2) is 0 Å². The highest BCUT2D eigenvalue weighted by Crippen LogP contribution is 2.47. The summed E-state index contributed by atoms with van der Waals surface area (Å²) in [4.78, 5) is 1.16. The Morgan fingerprint density at radius 1 is 1.03 bits per heavy atom. The largest absolute Gasteiger partial charge is 0.429 e. The van der Waals surface area contributed by atoms with E-state index in [2.05, 4.69) is 37.9 Å². The van der Waals surface area contributed by atoms with Gasteiger partial charge in [0.1, 0.15) is 5.82 Å². The summed E-state index contributed by atoms with van der Waals surface area (Å²) in [5.41, 5.74) is 4.06. The monoisotopic (exact) mass is 589 g/mol. The lowest BCUT2D eigenvalue weighted by molar-refractivity contribution is -0.154. The molecule has 2 fully saturated rings. The van der Waals surface area contributed by atoms with Crippen LogP contribution >= 0.6 is 24.4 Å². The summed E-state index contributed by atoms with van der Waals surface area (Å²) in [7, 11) is 1.50. The lowest BCUT2D eigenvalue weighted by Crippen LogP contribution is -2.21. The number of hydrogen-bond acceptors (Lipinski definition) is 3. The Labute approximate surface area is 241 Å². The summed E-state index contributed by atoms with van der Waals surface area (Å²) in [5.74, 6) is 2.92. The molecule has 39 heavy (non-hydrogen) atoms. The first-order valence-corrected chi connectivity index (χ1v) is 15.0. The van der Waals surface area contributed by atoms with Crippen LogP contribution in [0, 0.1) is 23.6 Å². The number of alkyl halides is 4. The number of thiol groups is 1. The van der Waals surface area contributed by atoms with Gasteiger partial charge < -0.3 is 5.73 Å². The van der Waals surface area contributed by atoms with Gasteiger partial charge >= 0.3 is 6.18 Å². The zero-order chi connectivity index (χ0) is 29.6. The van der Waals surface area contributed by atoms with Gasteiger partial charge in [-0.3, -0.25) is 0 Å². The topological polar surface area (TPSA) is 26.0 Å². The van der Waals surface area contributed by atoms with Gasteiger partial charge in [0.2, 0.25) is 5.50 Å². The van der Waals surface area contributed by atoms with E-state index in [1.165, 1.54) is 56.8 Å². The van der Waals surface area contributed by atoms with Gasteiger partial charge in [0.25, 0.3) is 0 Å². The van der Waals surface area contributed by atoms with E-state index in [-0.39, 0.29) is 17.6 Å². The van der Waals surface area contributed by atoms with E-state index in [1.807, 2.05) is 19.9 Å². The molecule has 0 spiro atoms. The van der Waals surface area contributed by atoms with Gasteiger partial charge in [-0.2, -0.15) is 13.2 Å². The minimum Gasteiger partial charge on any atom is -0.333 e. The van der Waals surface area contributed by atoms with Crippen molar-refractivity contribution in [1.29, 1.82) is 0 Å². The Morgan fingerprint density at radius 3 is 2.13 bits per heavy atom. The highest BCUT2D eigenvalue weighted by atomic mass is 32.2. The molecule has 8 heteroatoms. The van der Waals surface area contributed by atoms with Crippen LogP contribution in [0.1, 0.15) is 76.3 Å². The first-order chi connectivity index (χ1) is 18.6. The number of halogens is 5. The minimum atomic E-state index is -4.79. The van der Waals surface area contributed by atoms with E-state index in [4.69, 9.17) is 0 Å². The molecule has 2 N–H and O–H groups in total. The molecule has 3 atom stereocenters. The summed E-state index contributed by atoms with van der Waals surface area (Å²) in [5, 5.41) is 0. The maximum Gasteiger partial charge on any atom is 0.429 e. The van der Waals surface area contributed by atoms with Crippen LogP contribution in [0.3, 0.4) is 0 Å².